The molecule has 0 aliphatic heterocycles. The van der Waals surface area contributed by atoms with E-state index in [9.17, 15) is 0 Å². The summed E-state index contributed by atoms with van der Waals surface area (Å²) >= 11 is 1.71. The first-order chi connectivity index (χ1) is 7.77. The second-order valence-corrected chi connectivity index (χ2v) is 4.99. The van der Waals surface area contributed by atoms with E-state index in [1.54, 1.807) is 18.4 Å². The average Bonchev–Trinajstić information content (AvgIpc) is 2.73. The Morgan fingerprint density at radius 3 is 2.94 bits per heavy atom. The van der Waals surface area contributed by atoms with Gasteiger partial charge in [-0.05, 0) is 6.42 Å². The SMILES string of the molecule is CCCC(C)c1nnc(CNCCOC)s1. The van der Waals surface area contributed by atoms with Crippen LogP contribution in [0.15, 0.2) is 0 Å². The second-order valence-electron chi connectivity index (χ2n) is 3.89. The predicted octanol–water partition coefficient (Wildman–Crippen LogP) is 2.18. The van der Waals surface area contributed by atoms with Crippen LogP contribution in [0.2, 0.25) is 0 Å². The highest BCUT2D eigenvalue weighted by atomic mass is 32.1. The van der Waals surface area contributed by atoms with Crippen molar-refractivity contribution in [3.63, 3.8) is 0 Å². The van der Waals surface area contributed by atoms with Gasteiger partial charge in [0.25, 0.3) is 0 Å². The molecule has 1 aromatic rings. The largest absolute Gasteiger partial charge is 0.383 e. The summed E-state index contributed by atoms with van der Waals surface area (Å²) in [6.45, 7) is 6.80. The number of rotatable bonds is 8. The number of nitrogens with one attached hydrogen (secondary N) is 1. The Labute approximate surface area is 101 Å². The van der Waals surface area contributed by atoms with Crippen molar-refractivity contribution in [3.8, 4) is 0 Å². The van der Waals surface area contributed by atoms with Crippen LogP contribution < -0.4 is 5.32 Å². The van der Waals surface area contributed by atoms with Gasteiger partial charge >= 0.3 is 0 Å². The molecule has 16 heavy (non-hydrogen) atoms. The van der Waals surface area contributed by atoms with E-state index >= 15 is 0 Å². The van der Waals surface area contributed by atoms with Gasteiger partial charge in [-0.3, -0.25) is 0 Å². The van der Waals surface area contributed by atoms with E-state index in [0.717, 1.165) is 29.7 Å². The van der Waals surface area contributed by atoms with Crippen LogP contribution >= 0.6 is 11.3 Å². The first kappa shape index (κ1) is 13.5. The molecule has 5 heteroatoms. The standard InChI is InChI=1S/C11H21N3OS/c1-4-5-9(2)11-14-13-10(16-11)8-12-6-7-15-3/h9,12H,4-8H2,1-3H3. The Kier molecular flexibility index (Phi) is 6.52. The Morgan fingerprint density at radius 1 is 1.44 bits per heavy atom. The summed E-state index contributed by atoms with van der Waals surface area (Å²) in [5.74, 6) is 0.537. The molecule has 0 saturated heterocycles. The minimum atomic E-state index is 0.537. The van der Waals surface area contributed by atoms with Gasteiger partial charge < -0.3 is 10.1 Å². The van der Waals surface area contributed by atoms with E-state index in [2.05, 4.69) is 29.4 Å². The number of aromatic nitrogens is 2. The first-order valence-corrected chi connectivity index (χ1v) is 6.61. The van der Waals surface area contributed by atoms with Crippen molar-refractivity contribution in [2.24, 2.45) is 0 Å². The minimum Gasteiger partial charge on any atom is -0.383 e. The van der Waals surface area contributed by atoms with Gasteiger partial charge in [-0.15, -0.1) is 10.2 Å². The van der Waals surface area contributed by atoms with Crippen molar-refractivity contribution >= 4 is 11.3 Å². The lowest BCUT2D eigenvalue weighted by Gasteiger charge is -2.03. The van der Waals surface area contributed by atoms with E-state index in [1.165, 1.54) is 12.8 Å². The number of hydrogen-bond donors (Lipinski definition) is 1. The third-order valence-electron chi connectivity index (χ3n) is 2.38. The number of methoxy groups -OCH3 is 1. The van der Waals surface area contributed by atoms with Crippen molar-refractivity contribution in [2.45, 2.75) is 39.2 Å². The second kappa shape index (κ2) is 7.70. The van der Waals surface area contributed by atoms with E-state index in [4.69, 9.17) is 4.74 Å². The van der Waals surface area contributed by atoms with E-state index < -0.39 is 0 Å². The summed E-state index contributed by atoms with van der Waals surface area (Å²) in [7, 11) is 1.71. The topological polar surface area (TPSA) is 47.0 Å². The molecule has 1 heterocycles. The average molecular weight is 243 g/mol. The molecule has 4 nitrogen and oxygen atoms in total. The van der Waals surface area contributed by atoms with Gasteiger partial charge in [-0.2, -0.15) is 0 Å². The Hall–Kier alpha value is -0.520. The highest BCUT2D eigenvalue weighted by Gasteiger charge is 2.10. The Balaban J connectivity index is 2.33. The number of nitrogens with zero attached hydrogens (tertiary/aromatic N) is 2. The molecule has 1 unspecified atom stereocenters. The minimum absolute atomic E-state index is 0.537. The van der Waals surface area contributed by atoms with Gasteiger partial charge in [-0.1, -0.05) is 31.6 Å². The van der Waals surface area contributed by atoms with Crippen molar-refractivity contribution in [1.29, 1.82) is 0 Å². The summed E-state index contributed by atoms with van der Waals surface area (Å²) in [5.41, 5.74) is 0. The van der Waals surface area contributed by atoms with Gasteiger partial charge in [0.05, 0.1) is 6.61 Å². The molecule has 0 amide bonds. The van der Waals surface area contributed by atoms with Crippen LogP contribution in [0.3, 0.4) is 0 Å². The van der Waals surface area contributed by atoms with Crippen molar-refractivity contribution in [2.75, 3.05) is 20.3 Å². The molecule has 1 aromatic heterocycles. The zero-order chi connectivity index (χ0) is 11.8. The van der Waals surface area contributed by atoms with E-state index in [0.29, 0.717) is 5.92 Å². The normalized spacial score (nSPS) is 12.9. The molecule has 0 fully saturated rings. The van der Waals surface area contributed by atoms with Gasteiger partial charge in [0.1, 0.15) is 10.0 Å². The summed E-state index contributed by atoms with van der Waals surface area (Å²) in [6.07, 6.45) is 2.38. The number of ether oxygens (including phenoxy) is 1. The van der Waals surface area contributed by atoms with Crippen LogP contribution in [-0.4, -0.2) is 30.5 Å². The zero-order valence-corrected chi connectivity index (χ0v) is 11.1. The Morgan fingerprint density at radius 2 is 2.25 bits per heavy atom. The molecule has 0 bridgehead atoms. The highest BCUT2D eigenvalue weighted by molar-refractivity contribution is 7.11. The molecule has 0 radical (unpaired) electrons. The van der Waals surface area contributed by atoms with Crippen molar-refractivity contribution < 1.29 is 4.74 Å². The predicted molar refractivity (Wildman–Crippen MR) is 66.8 cm³/mol. The van der Waals surface area contributed by atoms with Crippen molar-refractivity contribution in [1.82, 2.24) is 15.5 Å². The van der Waals surface area contributed by atoms with Gasteiger partial charge in [0.15, 0.2) is 0 Å². The van der Waals surface area contributed by atoms with Crippen LogP contribution in [0.25, 0.3) is 0 Å². The van der Waals surface area contributed by atoms with Gasteiger partial charge in [0.2, 0.25) is 0 Å². The summed E-state index contributed by atoms with van der Waals surface area (Å²) in [5, 5.41) is 13.9. The third kappa shape index (κ3) is 4.55. The quantitative estimate of drug-likeness (QED) is 0.711. The Bertz CT molecular complexity index is 291. The smallest absolute Gasteiger partial charge is 0.131 e. The summed E-state index contributed by atoms with van der Waals surface area (Å²) < 4.78 is 4.96. The highest BCUT2D eigenvalue weighted by Crippen LogP contribution is 2.23. The van der Waals surface area contributed by atoms with Crippen molar-refractivity contribution in [3.05, 3.63) is 10.0 Å². The first-order valence-electron chi connectivity index (χ1n) is 5.79. The molecule has 0 aliphatic rings. The van der Waals surface area contributed by atoms with Crippen LogP contribution in [0, 0.1) is 0 Å². The molecular formula is C11H21N3OS. The van der Waals surface area contributed by atoms with Crippen LogP contribution in [0.5, 0.6) is 0 Å². The van der Waals surface area contributed by atoms with Crippen LogP contribution in [-0.2, 0) is 11.3 Å². The fourth-order valence-corrected chi connectivity index (χ4v) is 2.36. The third-order valence-corrected chi connectivity index (χ3v) is 3.54. The van der Waals surface area contributed by atoms with Crippen LogP contribution in [0.1, 0.15) is 42.6 Å². The maximum Gasteiger partial charge on any atom is 0.131 e. The lowest BCUT2D eigenvalue weighted by atomic mass is 10.1. The summed E-state index contributed by atoms with van der Waals surface area (Å²) in [4.78, 5) is 0. The van der Waals surface area contributed by atoms with Gasteiger partial charge in [0, 0.05) is 26.1 Å². The molecule has 1 rings (SSSR count). The van der Waals surface area contributed by atoms with E-state index in [-0.39, 0.29) is 0 Å². The fraction of sp³-hybridized carbons (Fsp3) is 0.818. The lowest BCUT2D eigenvalue weighted by Crippen LogP contribution is -2.18. The molecule has 92 valence electrons. The molecule has 0 spiro atoms. The number of hydrogen-bond acceptors (Lipinski definition) is 5. The van der Waals surface area contributed by atoms with E-state index in [1.807, 2.05) is 0 Å². The molecule has 1 atom stereocenters. The van der Waals surface area contributed by atoms with Crippen LogP contribution in [0.4, 0.5) is 0 Å². The maximum absolute atomic E-state index is 4.96. The summed E-state index contributed by atoms with van der Waals surface area (Å²) in [6, 6.07) is 0. The molecule has 0 aliphatic carbocycles. The zero-order valence-electron chi connectivity index (χ0n) is 10.3. The molecule has 1 N–H and O–H groups in total. The molecule has 0 aromatic carbocycles. The fourth-order valence-electron chi connectivity index (χ4n) is 1.46. The van der Waals surface area contributed by atoms with Gasteiger partial charge in [-0.25, -0.2) is 0 Å². The molecule has 0 saturated carbocycles. The lowest BCUT2D eigenvalue weighted by molar-refractivity contribution is 0.199. The maximum atomic E-state index is 4.96. The monoisotopic (exact) mass is 243 g/mol. The molecular weight excluding hydrogens is 222 g/mol.